The molecule has 1 aromatic rings. The zero-order valence-electron chi connectivity index (χ0n) is 9.81. The molecule has 0 saturated heterocycles. The fourth-order valence-electron chi connectivity index (χ4n) is 1.91. The van der Waals surface area contributed by atoms with Gasteiger partial charge in [0.15, 0.2) is 6.10 Å². The molecule has 1 aromatic carbocycles. The molecule has 0 aromatic heterocycles. The largest absolute Gasteiger partial charge is 0.464 e. The number of aliphatic hydroxyl groups is 1. The van der Waals surface area contributed by atoms with E-state index >= 15 is 0 Å². The number of benzene rings is 1. The molecule has 0 amide bonds. The van der Waals surface area contributed by atoms with Crippen molar-refractivity contribution in [2.45, 2.75) is 30.8 Å². The number of aliphatic hydroxyl groups excluding tert-OH is 1. The molecule has 2 rings (SSSR count). The number of carbonyl (C=O) groups is 1. The number of aryl methyl sites for hydroxylation is 1. The second-order valence-electron chi connectivity index (χ2n) is 3.97. The Morgan fingerprint density at radius 1 is 1.59 bits per heavy atom. The third-order valence-electron chi connectivity index (χ3n) is 2.76. The summed E-state index contributed by atoms with van der Waals surface area (Å²) in [6.45, 7) is 2.02. The van der Waals surface area contributed by atoms with Crippen LogP contribution in [0.3, 0.4) is 0 Å². The molecule has 4 heteroatoms. The predicted octanol–water partition coefficient (Wildman–Crippen LogP) is 2.32. The summed E-state index contributed by atoms with van der Waals surface area (Å²) in [5.41, 5.74) is 1.85. The zero-order valence-corrected chi connectivity index (χ0v) is 10.6. The highest BCUT2D eigenvalue weighted by Gasteiger charge is 2.20. The summed E-state index contributed by atoms with van der Waals surface area (Å²) < 4.78 is 4.81. The maximum absolute atomic E-state index is 11.4. The first-order valence-corrected chi connectivity index (χ1v) is 6.81. The van der Waals surface area contributed by atoms with Gasteiger partial charge in [-0.25, -0.2) is 4.79 Å². The first-order valence-electron chi connectivity index (χ1n) is 5.82. The number of carbonyl (C=O) groups excluding carboxylic acids is 1. The van der Waals surface area contributed by atoms with Crippen LogP contribution in [0, 0.1) is 0 Å². The minimum absolute atomic E-state index is 0.288. The predicted molar refractivity (Wildman–Crippen MR) is 67.1 cm³/mol. The topological polar surface area (TPSA) is 46.5 Å². The normalized spacial score (nSPS) is 16.1. The van der Waals surface area contributed by atoms with Crippen LogP contribution < -0.4 is 0 Å². The minimum atomic E-state index is -1.16. The molecule has 0 fully saturated rings. The van der Waals surface area contributed by atoms with Gasteiger partial charge in [0.05, 0.1) is 6.61 Å². The van der Waals surface area contributed by atoms with E-state index in [-0.39, 0.29) is 6.61 Å². The molecule has 17 heavy (non-hydrogen) atoms. The highest BCUT2D eigenvalue weighted by atomic mass is 32.2. The van der Waals surface area contributed by atoms with Crippen molar-refractivity contribution >= 4 is 17.7 Å². The van der Waals surface area contributed by atoms with Crippen molar-refractivity contribution in [3.8, 4) is 0 Å². The average Bonchev–Trinajstić information content (AvgIpc) is 2.37. The summed E-state index contributed by atoms with van der Waals surface area (Å²) in [6.07, 6.45) is 1.01. The van der Waals surface area contributed by atoms with Gasteiger partial charge in [-0.15, -0.1) is 11.8 Å². The molecule has 1 atom stereocenters. The van der Waals surface area contributed by atoms with Gasteiger partial charge < -0.3 is 9.84 Å². The summed E-state index contributed by atoms with van der Waals surface area (Å²) in [4.78, 5) is 12.7. The van der Waals surface area contributed by atoms with Gasteiger partial charge in [0.25, 0.3) is 0 Å². The molecule has 1 heterocycles. The van der Waals surface area contributed by atoms with E-state index in [1.54, 1.807) is 13.0 Å². The molecule has 3 nitrogen and oxygen atoms in total. The molecule has 0 saturated carbocycles. The van der Waals surface area contributed by atoms with Crippen LogP contribution in [0.5, 0.6) is 0 Å². The fraction of sp³-hybridized carbons (Fsp3) is 0.462. The van der Waals surface area contributed by atoms with Crippen LogP contribution >= 0.6 is 11.8 Å². The van der Waals surface area contributed by atoms with Gasteiger partial charge in [-0.1, -0.05) is 12.1 Å². The van der Waals surface area contributed by atoms with Crippen molar-refractivity contribution < 1.29 is 14.6 Å². The Balaban J connectivity index is 2.18. The van der Waals surface area contributed by atoms with Crippen LogP contribution in [0.15, 0.2) is 23.1 Å². The molecule has 0 bridgehead atoms. The molecule has 0 aliphatic carbocycles. The van der Waals surface area contributed by atoms with Crippen molar-refractivity contribution in [2.75, 3.05) is 12.4 Å². The highest BCUT2D eigenvalue weighted by Crippen LogP contribution is 2.31. The zero-order chi connectivity index (χ0) is 12.3. The number of hydrogen-bond donors (Lipinski definition) is 1. The van der Waals surface area contributed by atoms with E-state index in [9.17, 15) is 9.90 Å². The maximum Gasteiger partial charge on any atom is 0.339 e. The quantitative estimate of drug-likeness (QED) is 0.839. The Bertz CT molecular complexity index is 417. The van der Waals surface area contributed by atoms with Crippen LogP contribution in [0.4, 0.5) is 0 Å². The van der Waals surface area contributed by atoms with Crippen LogP contribution in [0.2, 0.25) is 0 Å². The molecule has 0 spiro atoms. The molecular weight excluding hydrogens is 236 g/mol. The second-order valence-corrected chi connectivity index (χ2v) is 5.11. The van der Waals surface area contributed by atoms with E-state index in [4.69, 9.17) is 4.74 Å². The minimum Gasteiger partial charge on any atom is -0.464 e. The van der Waals surface area contributed by atoms with Gasteiger partial charge in [0, 0.05) is 4.90 Å². The van der Waals surface area contributed by atoms with Gasteiger partial charge in [-0.2, -0.15) is 0 Å². The SMILES string of the molecule is CCOC(=O)C(O)c1ccc2c(c1)CCCS2. The molecule has 1 unspecified atom stereocenters. The lowest BCUT2D eigenvalue weighted by Crippen LogP contribution is -2.15. The number of fused-ring (bicyclic) bond motifs is 1. The fourth-order valence-corrected chi connectivity index (χ4v) is 2.93. The van der Waals surface area contributed by atoms with E-state index in [0.29, 0.717) is 5.56 Å². The van der Waals surface area contributed by atoms with Crippen molar-refractivity contribution in [1.82, 2.24) is 0 Å². The van der Waals surface area contributed by atoms with Gasteiger partial charge in [0.2, 0.25) is 0 Å². The van der Waals surface area contributed by atoms with Crippen LogP contribution in [0.1, 0.15) is 30.6 Å². The highest BCUT2D eigenvalue weighted by molar-refractivity contribution is 7.99. The number of thioether (sulfide) groups is 1. The molecule has 0 radical (unpaired) electrons. The number of ether oxygens (including phenoxy) is 1. The van der Waals surface area contributed by atoms with Crippen LogP contribution in [0.25, 0.3) is 0 Å². The summed E-state index contributed by atoms with van der Waals surface area (Å²) in [7, 11) is 0. The van der Waals surface area contributed by atoms with Crippen LogP contribution in [-0.2, 0) is 16.0 Å². The second kappa shape index (κ2) is 5.56. The molecule has 92 valence electrons. The monoisotopic (exact) mass is 252 g/mol. The summed E-state index contributed by atoms with van der Waals surface area (Å²) in [5.74, 6) is 0.572. The third-order valence-corrected chi connectivity index (χ3v) is 3.96. The first kappa shape index (κ1) is 12.5. The lowest BCUT2D eigenvalue weighted by molar-refractivity contribution is -0.153. The number of esters is 1. The molecule has 1 aliphatic heterocycles. The van der Waals surface area contributed by atoms with Gasteiger partial charge in [-0.05, 0) is 42.7 Å². The summed E-state index contributed by atoms with van der Waals surface area (Å²) in [6, 6.07) is 5.71. The van der Waals surface area contributed by atoms with Gasteiger partial charge in [-0.3, -0.25) is 0 Å². The Labute approximate surface area is 105 Å². The molecule has 1 N–H and O–H groups in total. The number of hydrogen-bond acceptors (Lipinski definition) is 4. The lowest BCUT2D eigenvalue weighted by atomic mass is 10.0. The van der Waals surface area contributed by atoms with E-state index in [1.807, 2.05) is 23.9 Å². The van der Waals surface area contributed by atoms with Gasteiger partial charge >= 0.3 is 5.97 Å². The van der Waals surface area contributed by atoms with E-state index in [0.717, 1.165) is 18.6 Å². The Kier molecular flexibility index (Phi) is 4.07. The maximum atomic E-state index is 11.4. The lowest BCUT2D eigenvalue weighted by Gasteiger charge is -2.17. The van der Waals surface area contributed by atoms with E-state index in [1.165, 1.54) is 10.5 Å². The van der Waals surface area contributed by atoms with E-state index in [2.05, 4.69) is 0 Å². The van der Waals surface area contributed by atoms with Crippen LogP contribution in [-0.4, -0.2) is 23.4 Å². The van der Waals surface area contributed by atoms with Crippen molar-refractivity contribution in [1.29, 1.82) is 0 Å². The van der Waals surface area contributed by atoms with E-state index < -0.39 is 12.1 Å². The Morgan fingerprint density at radius 2 is 2.41 bits per heavy atom. The van der Waals surface area contributed by atoms with Gasteiger partial charge in [0.1, 0.15) is 0 Å². The van der Waals surface area contributed by atoms with Crippen molar-refractivity contribution in [2.24, 2.45) is 0 Å². The first-order chi connectivity index (χ1) is 8.22. The summed E-state index contributed by atoms with van der Waals surface area (Å²) in [5, 5.41) is 9.84. The van der Waals surface area contributed by atoms with Crippen molar-refractivity contribution in [3.63, 3.8) is 0 Å². The summed E-state index contributed by atoms with van der Waals surface area (Å²) >= 11 is 1.83. The standard InChI is InChI=1S/C13H16O3S/c1-2-16-13(15)12(14)10-5-6-11-9(8-10)4-3-7-17-11/h5-6,8,12,14H,2-4,7H2,1H3. The Hall–Kier alpha value is -1.00. The third kappa shape index (κ3) is 2.82. The molecule has 1 aliphatic rings. The Morgan fingerprint density at radius 3 is 3.18 bits per heavy atom. The smallest absolute Gasteiger partial charge is 0.339 e. The van der Waals surface area contributed by atoms with Crippen molar-refractivity contribution in [3.05, 3.63) is 29.3 Å². The number of rotatable bonds is 3. The average molecular weight is 252 g/mol. The molecular formula is C13H16O3S.